The van der Waals surface area contributed by atoms with Gasteiger partial charge in [-0.1, -0.05) is 47.6 Å². The third-order valence-corrected chi connectivity index (χ3v) is 3.85. The van der Waals surface area contributed by atoms with Crippen molar-refractivity contribution in [2.75, 3.05) is 5.75 Å². The van der Waals surface area contributed by atoms with Crippen molar-refractivity contribution in [3.63, 3.8) is 0 Å². The van der Waals surface area contributed by atoms with Crippen LogP contribution in [0.1, 0.15) is 5.56 Å². The van der Waals surface area contributed by atoms with E-state index in [1.807, 2.05) is 30.3 Å². The molecule has 1 saturated heterocycles. The second-order valence-corrected chi connectivity index (χ2v) is 5.70. The molecule has 0 bridgehead atoms. The molecule has 0 unspecified atom stereocenters. The molecular formula is C14H10ClN5OS. The first kappa shape index (κ1) is 14.7. The zero-order chi connectivity index (χ0) is 15.4. The summed E-state index contributed by atoms with van der Waals surface area (Å²) < 4.78 is 0. The second-order valence-electron chi connectivity index (χ2n) is 4.35. The van der Waals surface area contributed by atoms with Crippen LogP contribution in [0.4, 0.5) is 0 Å². The molecule has 0 radical (unpaired) electrons. The predicted molar refractivity (Wildman–Crippen MR) is 88.1 cm³/mol. The van der Waals surface area contributed by atoms with Gasteiger partial charge >= 0.3 is 0 Å². The van der Waals surface area contributed by atoms with E-state index >= 15 is 0 Å². The van der Waals surface area contributed by atoms with Gasteiger partial charge < -0.3 is 5.32 Å². The Morgan fingerprint density at radius 2 is 2.00 bits per heavy atom. The third kappa shape index (κ3) is 3.69. The van der Waals surface area contributed by atoms with E-state index in [1.54, 1.807) is 12.3 Å². The maximum Gasteiger partial charge on any atom is 0.236 e. The summed E-state index contributed by atoms with van der Waals surface area (Å²) in [7, 11) is 0. The van der Waals surface area contributed by atoms with Crippen molar-refractivity contribution in [1.82, 2.24) is 15.5 Å². The summed E-state index contributed by atoms with van der Waals surface area (Å²) in [5.74, 6) is 0.345. The highest BCUT2D eigenvalue weighted by Crippen LogP contribution is 2.17. The number of carbonyl (C=O) groups is 1. The van der Waals surface area contributed by atoms with Crippen LogP contribution in [0.5, 0.6) is 0 Å². The molecule has 0 atom stereocenters. The van der Waals surface area contributed by atoms with E-state index < -0.39 is 0 Å². The molecule has 1 aromatic carbocycles. The molecule has 2 heterocycles. The van der Waals surface area contributed by atoms with E-state index in [4.69, 9.17) is 11.6 Å². The van der Waals surface area contributed by atoms with Gasteiger partial charge in [-0.3, -0.25) is 4.79 Å². The molecule has 0 spiro atoms. The van der Waals surface area contributed by atoms with Gasteiger partial charge in [-0.25, -0.2) is 0 Å². The lowest BCUT2D eigenvalue weighted by Crippen LogP contribution is -2.19. The number of nitrogens with one attached hydrogen (secondary N) is 1. The first-order chi connectivity index (χ1) is 10.7. The minimum atomic E-state index is -0.0487. The zero-order valence-electron chi connectivity index (χ0n) is 11.2. The van der Waals surface area contributed by atoms with E-state index in [9.17, 15) is 4.79 Å². The summed E-state index contributed by atoms with van der Waals surface area (Å²) >= 11 is 7.05. The van der Waals surface area contributed by atoms with Crippen molar-refractivity contribution in [3.05, 3.63) is 47.1 Å². The van der Waals surface area contributed by atoms with Crippen molar-refractivity contribution in [2.24, 2.45) is 10.2 Å². The van der Waals surface area contributed by atoms with Crippen molar-refractivity contribution in [1.29, 1.82) is 0 Å². The molecule has 2 aromatic rings. The van der Waals surface area contributed by atoms with Crippen LogP contribution in [0, 0.1) is 0 Å². The minimum Gasteiger partial charge on any atom is -0.303 e. The Balaban J connectivity index is 1.69. The summed E-state index contributed by atoms with van der Waals surface area (Å²) in [5.41, 5.74) is 2.58. The maximum absolute atomic E-state index is 11.0. The molecule has 0 saturated carbocycles. The Morgan fingerprint density at radius 3 is 2.64 bits per heavy atom. The molecule has 6 nitrogen and oxygen atoms in total. The quantitative estimate of drug-likeness (QED) is 0.691. The number of hydrogen-bond donors (Lipinski definition) is 1. The number of carbonyl (C=O) groups excluding carboxylic acids is 1. The number of aromatic nitrogens is 2. The summed E-state index contributed by atoms with van der Waals surface area (Å²) in [6.45, 7) is 0. The van der Waals surface area contributed by atoms with E-state index in [0.717, 1.165) is 16.8 Å². The Labute approximate surface area is 135 Å². The smallest absolute Gasteiger partial charge is 0.236 e. The van der Waals surface area contributed by atoms with E-state index in [0.29, 0.717) is 16.1 Å². The predicted octanol–water partition coefficient (Wildman–Crippen LogP) is 2.35. The number of amides is 1. The molecule has 1 aliphatic rings. The standard InChI is InChI=1S/C14H10ClN5OS/c15-12-6-5-11(18-19-12)10-3-1-9(2-4-10)7-16-20-14-17-13(21)8-22-14/h1-7H,8H2,(H,17,20,21). The molecular weight excluding hydrogens is 322 g/mol. The number of benzene rings is 1. The van der Waals surface area contributed by atoms with Gasteiger partial charge in [-0.15, -0.1) is 15.3 Å². The van der Waals surface area contributed by atoms with Gasteiger partial charge in [0.25, 0.3) is 0 Å². The number of rotatable bonds is 3. The zero-order valence-corrected chi connectivity index (χ0v) is 12.8. The first-order valence-corrected chi connectivity index (χ1v) is 7.70. The molecule has 0 aliphatic carbocycles. The highest BCUT2D eigenvalue weighted by atomic mass is 35.5. The SMILES string of the molecule is O=C1CSC(=NN=Cc2ccc(-c3ccc(Cl)nn3)cc2)N1. The van der Waals surface area contributed by atoms with Crippen LogP contribution in [0.15, 0.2) is 46.6 Å². The van der Waals surface area contributed by atoms with Gasteiger partial charge in [-0.05, 0) is 17.7 Å². The average Bonchev–Trinajstić information content (AvgIpc) is 2.94. The van der Waals surface area contributed by atoms with Crippen LogP contribution >= 0.6 is 23.4 Å². The fourth-order valence-corrected chi connectivity index (χ4v) is 2.47. The Morgan fingerprint density at radius 1 is 1.18 bits per heavy atom. The Bertz CT molecular complexity index is 743. The molecule has 110 valence electrons. The lowest BCUT2D eigenvalue weighted by molar-refractivity contribution is -0.116. The van der Waals surface area contributed by atoms with Gasteiger partial charge in [0, 0.05) is 5.56 Å². The topological polar surface area (TPSA) is 79.6 Å². The number of thioether (sulfide) groups is 1. The van der Waals surface area contributed by atoms with E-state index in [2.05, 4.69) is 25.7 Å². The van der Waals surface area contributed by atoms with Gasteiger partial charge in [0.2, 0.25) is 5.91 Å². The van der Waals surface area contributed by atoms with Gasteiger partial charge in [0.15, 0.2) is 10.3 Å². The van der Waals surface area contributed by atoms with E-state index in [-0.39, 0.29) is 5.91 Å². The number of hydrogen-bond acceptors (Lipinski definition) is 6. The fourth-order valence-electron chi connectivity index (χ4n) is 1.74. The molecule has 22 heavy (non-hydrogen) atoms. The van der Waals surface area contributed by atoms with Gasteiger partial charge in [0.05, 0.1) is 17.7 Å². The van der Waals surface area contributed by atoms with Crippen LogP contribution in [-0.2, 0) is 4.79 Å². The normalized spacial score (nSPS) is 16.4. The lowest BCUT2D eigenvalue weighted by Gasteiger charge is -2.00. The van der Waals surface area contributed by atoms with Crippen molar-refractivity contribution < 1.29 is 4.79 Å². The molecule has 1 aromatic heterocycles. The molecule has 1 amide bonds. The van der Waals surface area contributed by atoms with Crippen molar-refractivity contribution >= 4 is 40.7 Å². The largest absolute Gasteiger partial charge is 0.303 e. The molecule has 8 heteroatoms. The second kappa shape index (κ2) is 6.67. The molecule has 3 rings (SSSR count). The molecule has 1 N–H and O–H groups in total. The highest BCUT2D eigenvalue weighted by Gasteiger charge is 2.15. The van der Waals surface area contributed by atoms with Crippen molar-refractivity contribution in [2.45, 2.75) is 0 Å². The Hall–Kier alpha value is -2.25. The van der Waals surface area contributed by atoms with Crippen LogP contribution in [-0.4, -0.2) is 33.2 Å². The summed E-state index contributed by atoms with van der Waals surface area (Å²) in [4.78, 5) is 11.0. The number of nitrogens with zero attached hydrogens (tertiary/aromatic N) is 4. The van der Waals surface area contributed by atoms with Crippen molar-refractivity contribution in [3.8, 4) is 11.3 Å². The number of halogens is 1. The van der Waals surface area contributed by atoms with Crippen LogP contribution in [0.3, 0.4) is 0 Å². The molecule has 1 aliphatic heterocycles. The minimum absolute atomic E-state index is 0.0487. The maximum atomic E-state index is 11.0. The summed E-state index contributed by atoms with van der Waals surface area (Å²) in [5, 5.41) is 19.2. The number of amidine groups is 1. The highest BCUT2D eigenvalue weighted by molar-refractivity contribution is 8.15. The van der Waals surface area contributed by atoms with Crippen LogP contribution in [0.2, 0.25) is 5.15 Å². The third-order valence-electron chi connectivity index (χ3n) is 2.78. The fraction of sp³-hybridized carbons (Fsp3) is 0.0714. The van der Waals surface area contributed by atoms with Gasteiger partial charge in [0.1, 0.15) is 0 Å². The lowest BCUT2D eigenvalue weighted by atomic mass is 10.1. The summed E-state index contributed by atoms with van der Waals surface area (Å²) in [6.07, 6.45) is 1.62. The Kier molecular flexibility index (Phi) is 4.45. The molecule has 1 fully saturated rings. The monoisotopic (exact) mass is 331 g/mol. The van der Waals surface area contributed by atoms with Gasteiger partial charge in [-0.2, -0.15) is 5.10 Å². The summed E-state index contributed by atoms with van der Waals surface area (Å²) in [6, 6.07) is 11.1. The van der Waals surface area contributed by atoms with E-state index in [1.165, 1.54) is 11.8 Å². The van der Waals surface area contributed by atoms with Crippen LogP contribution in [0.25, 0.3) is 11.3 Å². The first-order valence-electron chi connectivity index (χ1n) is 6.34. The average molecular weight is 332 g/mol. The van der Waals surface area contributed by atoms with Crippen LogP contribution < -0.4 is 5.32 Å².